The second-order valence-corrected chi connectivity index (χ2v) is 2.32. The summed E-state index contributed by atoms with van der Waals surface area (Å²) in [6, 6.07) is 4.64. The maximum atomic E-state index is 5.57. The number of rotatable bonds is 0. The molecule has 0 saturated heterocycles. The molecule has 0 unspecified atom stereocenters. The van der Waals surface area contributed by atoms with Gasteiger partial charge in [-0.15, -0.1) is 23.2 Å². The first kappa shape index (κ1) is 10.5. The molecule has 1 aromatic heterocycles. The zero-order valence-corrected chi connectivity index (χ0v) is 9.57. The predicted octanol–water partition coefficient (Wildman–Crippen LogP) is 2.15. The molecule has 0 bridgehead atoms. The van der Waals surface area contributed by atoms with Gasteiger partial charge >= 0.3 is 0 Å². The zero-order valence-electron chi connectivity index (χ0n) is 5.98. The Morgan fingerprint density at radius 1 is 1.50 bits per heavy atom. The quantitative estimate of drug-likeness (QED) is 0.491. The Morgan fingerprint density at radius 2 is 2.10 bits per heavy atom. The van der Waals surface area contributed by atoms with Crippen LogP contribution in [0.1, 0.15) is 11.3 Å². The molecule has 51 valence electrons. The van der Waals surface area contributed by atoms with Crippen molar-refractivity contribution in [3.63, 3.8) is 0 Å². The maximum Gasteiger partial charge on any atom is 0.0145 e. The molecule has 3 heteroatoms. The summed E-state index contributed by atoms with van der Waals surface area (Å²) in [6.07, 6.45) is 0. The van der Waals surface area contributed by atoms with Crippen LogP contribution in [0.3, 0.4) is 0 Å². The fraction of sp³-hybridized carbons (Fsp3) is 0.286. The van der Waals surface area contributed by atoms with Crippen LogP contribution in [-0.4, -0.2) is 4.98 Å². The molecule has 0 aliphatic heterocycles. The Labute approximate surface area is 91.1 Å². The third kappa shape index (κ3) is 2.65. The van der Waals surface area contributed by atoms with Gasteiger partial charge in [0.1, 0.15) is 0 Å². The number of aryl methyl sites for hydroxylation is 2. The van der Waals surface area contributed by atoms with E-state index in [1.165, 1.54) is 0 Å². The van der Waals surface area contributed by atoms with E-state index >= 15 is 0 Å². The van der Waals surface area contributed by atoms with Crippen molar-refractivity contribution in [2.75, 3.05) is 0 Å². The second-order valence-electron chi connectivity index (χ2n) is 1.93. The molecule has 0 atom stereocenters. The van der Waals surface area contributed by atoms with Crippen molar-refractivity contribution in [1.82, 2.24) is 4.98 Å². The van der Waals surface area contributed by atoms with E-state index in [9.17, 15) is 0 Å². The van der Waals surface area contributed by atoms with Crippen molar-refractivity contribution in [1.29, 1.82) is 0 Å². The summed E-state index contributed by atoms with van der Waals surface area (Å²) in [6.45, 7) is 3.87. The average molecular weight is 229 g/mol. The van der Waals surface area contributed by atoms with Crippen molar-refractivity contribution in [2.45, 2.75) is 13.8 Å². The Balaban J connectivity index is 0.000000810. The largest absolute Gasteiger partial charge is 0.369 e. The SMILES string of the molecule is Cc1[c-]cc(Cl)nc1C.[Y]. The average Bonchev–Trinajstić information content (AvgIpc) is 1.80. The molecule has 1 radical (unpaired) electrons. The number of halogens is 1. The van der Waals surface area contributed by atoms with Crippen LogP contribution in [0.2, 0.25) is 5.15 Å². The van der Waals surface area contributed by atoms with Crippen LogP contribution in [0.4, 0.5) is 0 Å². The summed E-state index contributed by atoms with van der Waals surface area (Å²) in [7, 11) is 0. The number of aromatic nitrogens is 1. The van der Waals surface area contributed by atoms with E-state index < -0.39 is 0 Å². The van der Waals surface area contributed by atoms with Gasteiger partial charge in [-0.25, -0.2) is 0 Å². The molecular weight excluding hydrogens is 222 g/mol. The Hall–Kier alpha value is 0.544. The van der Waals surface area contributed by atoms with E-state index in [1.807, 2.05) is 13.8 Å². The number of pyridine rings is 1. The summed E-state index contributed by atoms with van der Waals surface area (Å²) in [5, 5.41) is 0.512. The third-order valence-electron chi connectivity index (χ3n) is 1.22. The molecule has 10 heavy (non-hydrogen) atoms. The van der Waals surface area contributed by atoms with Gasteiger partial charge in [-0.2, -0.15) is 6.07 Å². The minimum atomic E-state index is 0. The van der Waals surface area contributed by atoms with Gasteiger partial charge in [0.15, 0.2) is 0 Å². The van der Waals surface area contributed by atoms with Crippen molar-refractivity contribution in [3.8, 4) is 0 Å². The zero-order chi connectivity index (χ0) is 6.85. The fourth-order valence-electron chi connectivity index (χ4n) is 0.549. The molecule has 1 rings (SSSR count). The number of nitrogens with zero attached hydrogens (tertiary/aromatic N) is 1. The minimum absolute atomic E-state index is 0. The minimum Gasteiger partial charge on any atom is -0.369 e. The van der Waals surface area contributed by atoms with Crippen LogP contribution in [0.15, 0.2) is 6.07 Å². The van der Waals surface area contributed by atoms with E-state index in [2.05, 4.69) is 11.1 Å². The molecule has 0 saturated carbocycles. The maximum absolute atomic E-state index is 5.57. The molecule has 0 amide bonds. The Bertz CT molecular complexity index is 225. The van der Waals surface area contributed by atoms with Crippen molar-refractivity contribution >= 4 is 11.6 Å². The van der Waals surface area contributed by atoms with Crippen LogP contribution in [0.25, 0.3) is 0 Å². The van der Waals surface area contributed by atoms with E-state index in [1.54, 1.807) is 6.07 Å². The summed E-state index contributed by atoms with van der Waals surface area (Å²) in [5.74, 6) is 0. The fourth-order valence-corrected chi connectivity index (χ4v) is 0.730. The van der Waals surface area contributed by atoms with Gasteiger partial charge < -0.3 is 4.98 Å². The Morgan fingerprint density at radius 3 is 2.50 bits per heavy atom. The molecule has 0 aliphatic rings. The summed E-state index contributed by atoms with van der Waals surface area (Å²) in [4.78, 5) is 4.01. The monoisotopic (exact) mass is 229 g/mol. The summed E-state index contributed by atoms with van der Waals surface area (Å²) >= 11 is 5.57. The molecule has 0 aromatic carbocycles. The first-order valence-electron chi connectivity index (χ1n) is 2.71. The summed E-state index contributed by atoms with van der Waals surface area (Å²) < 4.78 is 0. The standard InChI is InChI=1S/C7H7ClN.Y/c1-5-3-4-7(8)9-6(5)2;/h4H,1-2H3;/q-1;. The summed E-state index contributed by atoms with van der Waals surface area (Å²) in [5.41, 5.74) is 2.00. The topological polar surface area (TPSA) is 12.9 Å². The predicted molar refractivity (Wildman–Crippen MR) is 37.6 cm³/mol. The van der Waals surface area contributed by atoms with Gasteiger partial charge in [0.2, 0.25) is 0 Å². The normalized spacial score (nSPS) is 8.70. The molecule has 0 fully saturated rings. The van der Waals surface area contributed by atoms with Crippen LogP contribution in [0.5, 0.6) is 0 Å². The van der Waals surface area contributed by atoms with Gasteiger partial charge in [0.25, 0.3) is 0 Å². The molecule has 1 aromatic rings. The van der Waals surface area contributed by atoms with Crippen LogP contribution in [-0.2, 0) is 32.7 Å². The van der Waals surface area contributed by atoms with Gasteiger partial charge in [0.05, 0.1) is 0 Å². The number of hydrogen-bond acceptors (Lipinski definition) is 1. The van der Waals surface area contributed by atoms with E-state index in [0.29, 0.717) is 5.15 Å². The van der Waals surface area contributed by atoms with Crippen molar-refractivity contribution < 1.29 is 32.7 Å². The first-order chi connectivity index (χ1) is 4.20. The van der Waals surface area contributed by atoms with E-state index in [-0.39, 0.29) is 32.7 Å². The van der Waals surface area contributed by atoms with Crippen LogP contribution >= 0.6 is 11.6 Å². The molecule has 1 heterocycles. The van der Waals surface area contributed by atoms with E-state index in [0.717, 1.165) is 11.3 Å². The van der Waals surface area contributed by atoms with Gasteiger partial charge in [-0.05, 0) is 0 Å². The Kier molecular flexibility index (Phi) is 4.67. The number of hydrogen-bond donors (Lipinski definition) is 0. The first-order valence-corrected chi connectivity index (χ1v) is 3.09. The third-order valence-corrected chi connectivity index (χ3v) is 1.42. The van der Waals surface area contributed by atoms with Crippen LogP contribution in [0, 0.1) is 19.9 Å². The molecule has 0 aliphatic carbocycles. The van der Waals surface area contributed by atoms with Gasteiger partial charge in [-0.1, -0.05) is 19.5 Å². The molecule has 0 N–H and O–H groups in total. The van der Waals surface area contributed by atoms with E-state index in [4.69, 9.17) is 11.6 Å². The van der Waals surface area contributed by atoms with Crippen LogP contribution < -0.4 is 0 Å². The molecular formula is C7H7ClNY-. The molecule has 1 nitrogen and oxygen atoms in total. The molecule has 0 spiro atoms. The van der Waals surface area contributed by atoms with Crippen molar-refractivity contribution in [2.24, 2.45) is 0 Å². The van der Waals surface area contributed by atoms with Crippen molar-refractivity contribution in [3.05, 3.63) is 28.5 Å². The van der Waals surface area contributed by atoms with Gasteiger partial charge in [0, 0.05) is 37.9 Å². The van der Waals surface area contributed by atoms with Gasteiger partial charge in [-0.3, -0.25) is 0 Å². The second kappa shape index (κ2) is 4.43. The smallest absolute Gasteiger partial charge is 0.0145 e.